The van der Waals surface area contributed by atoms with Crippen molar-refractivity contribution in [1.82, 2.24) is 44.6 Å². The zero-order chi connectivity index (χ0) is 16.9. The summed E-state index contributed by atoms with van der Waals surface area (Å²) >= 11 is 0. The third-order valence-corrected chi connectivity index (χ3v) is 5.16. The predicted octanol–water partition coefficient (Wildman–Crippen LogP) is 3.57. The van der Waals surface area contributed by atoms with Gasteiger partial charge in [0, 0.05) is 45.0 Å². The second kappa shape index (κ2) is 15.3. The summed E-state index contributed by atoms with van der Waals surface area (Å²) < 4.78 is 5.42. The number of anilines is 3. The van der Waals surface area contributed by atoms with Crippen molar-refractivity contribution in [3.63, 3.8) is 0 Å². The Bertz CT molecular complexity index is 546. The zero-order valence-corrected chi connectivity index (χ0v) is 19.0. The monoisotopic (exact) mass is 459 g/mol. The number of nitrogens with zero attached hydrogens (tertiary/aromatic N) is 6. The van der Waals surface area contributed by atoms with Gasteiger partial charge in [-0.2, -0.15) is 15.0 Å². The minimum atomic E-state index is 0. The number of rotatable bonds is 4. The number of hydrogen-bond acceptors (Lipinski definition) is 12. The van der Waals surface area contributed by atoms with Gasteiger partial charge in [-0.1, -0.05) is 0 Å². The Morgan fingerprint density at radius 1 is 0.633 bits per heavy atom. The number of morpholine rings is 1. The normalized spacial score (nSPS) is 19.1. The summed E-state index contributed by atoms with van der Waals surface area (Å²) in [5, 5.41) is 2.14. The first-order chi connectivity index (χ1) is 12.4. The fourth-order valence-electron chi connectivity index (χ4n) is 3.69. The highest BCUT2D eigenvalue weighted by Crippen LogP contribution is 2.22. The van der Waals surface area contributed by atoms with Gasteiger partial charge < -0.3 is 39.1 Å². The van der Waals surface area contributed by atoms with Crippen LogP contribution in [-0.4, -0.2) is 72.4 Å². The molecule has 13 heteroatoms. The van der Waals surface area contributed by atoms with E-state index in [4.69, 9.17) is 19.7 Å². The number of hydrogen-bond donors (Lipinski definition) is 5. The van der Waals surface area contributed by atoms with Crippen LogP contribution in [0.3, 0.4) is 0 Å². The standard InChI is InChI=1S/C17H29N7O.ClH.4H3N.4H2/c1-3-7-22(8-4-1)16-18-15(21-24-11-13-25-14-12-24)19-17(20-16)23-9-5-2-6-10-23;;;;;;;;;/h1-14H2,(H,18,19,20,21);1H;4*1H3;4*1H. The van der Waals surface area contributed by atoms with Crippen LogP contribution in [0.15, 0.2) is 0 Å². The van der Waals surface area contributed by atoms with E-state index in [1.54, 1.807) is 0 Å². The molecule has 1 aromatic heterocycles. The molecule has 3 saturated heterocycles. The Kier molecular flexibility index (Phi) is 15.6. The van der Waals surface area contributed by atoms with Gasteiger partial charge in [0.05, 0.1) is 13.2 Å². The average molecular weight is 460 g/mol. The molecule has 0 atom stereocenters. The lowest BCUT2D eigenvalue weighted by Gasteiger charge is -2.31. The van der Waals surface area contributed by atoms with E-state index in [-0.39, 0.29) is 42.7 Å². The zero-order valence-electron chi connectivity index (χ0n) is 18.2. The lowest BCUT2D eigenvalue weighted by atomic mass is 10.1. The molecule has 3 aliphatic rings. The summed E-state index contributed by atoms with van der Waals surface area (Å²) in [6.07, 6.45) is 7.49. The highest BCUT2D eigenvalue weighted by molar-refractivity contribution is 5.85. The molecule has 3 fully saturated rings. The second-order valence-corrected chi connectivity index (χ2v) is 7.07. The van der Waals surface area contributed by atoms with Crippen molar-refractivity contribution >= 4 is 30.3 Å². The Hall–Kier alpha value is -1.54. The first kappa shape index (κ1) is 30.7. The molecule has 0 unspecified atom stereocenters. The molecule has 0 saturated carbocycles. The number of hydrazine groups is 1. The molecular weight excluding hydrogens is 410 g/mol. The maximum Gasteiger partial charge on any atom is 0.244 e. The van der Waals surface area contributed by atoms with Crippen LogP contribution in [0.2, 0.25) is 0 Å². The Labute approximate surface area is 192 Å². The van der Waals surface area contributed by atoms with Crippen LogP contribution in [0.1, 0.15) is 44.2 Å². The predicted molar refractivity (Wildman–Crippen MR) is 134 cm³/mol. The SMILES string of the molecule is C1CCN(c2nc(NN3CCOCC3)nc(N3CCCCC3)n2)CC1.Cl.N.N.N.N.[HH].[HH].[HH].[HH]. The first-order valence-corrected chi connectivity index (χ1v) is 9.74. The van der Waals surface area contributed by atoms with Crippen molar-refractivity contribution < 1.29 is 10.4 Å². The number of aromatic nitrogens is 3. The van der Waals surface area contributed by atoms with Gasteiger partial charge in [-0.25, -0.2) is 5.01 Å². The maximum absolute atomic E-state index is 5.42. The molecule has 4 rings (SSSR count). The van der Waals surface area contributed by atoms with Crippen molar-refractivity contribution in [2.45, 2.75) is 38.5 Å². The molecule has 4 heterocycles. The van der Waals surface area contributed by atoms with Crippen LogP contribution in [0.4, 0.5) is 17.8 Å². The number of piperidine rings is 2. The van der Waals surface area contributed by atoms with Gasteiger partial charge in [-0.05, 0) is 38.5 Å². The van der Waals surface area contributed by atoms with Gasteiger partial charge in [0.2, 0.25) is 17.8 Å². The molecule has 12 nitrogen and oxygen atoms in total. The van der Waals surface area contributed by atoms with Crippen LogP contribution in [0.5, 0.6) is 0 Å². The largest absolute Gasteiger partial charge is 0.379 e. The van der Waals surface area contributed by atoms with Gasteiger partial charge in [0.1, 0.15) is 0 Å². The van der Waals surface area contributed by atoms with E-state index in [0.717, 1.165) is 64.4 Å². The van der Waals surface area contributed by atoms with Crippen molar-refractivity contribution in [1.29, 1.82) is 0 Å². The highest BCUT2D eigenvalue weighted by atomic mass is 35.5. The lowest BCUT2D eigenvalue weighted by molar-refractivity contribution is 0.0492. The Morgan fingerprint density at radius 3 is 1.50 bits per heavy atom. The molecule has 186 valence electrons. The van der Waals surface area contributed by atoms with Crippen molar-refractivity contribution in [2.24, 2.45) is 0 Å². The van der Waals surface area contributed by atoms with Crippen LogP contribution in [0, 0.1) is 0 Å². The van der Waals surface area contributed by atoms with Gasteiger partial charge in [-0.15, -0.1) is 12.4 Å². The van der Waals surface area contributed by atoms with Crippen LogP contribution >= 0.6 is 12.4 Å². The molecule has 0 aliphatic carbocycles. The summed E-state index contributed by atoms with van der Waals surface area (Å²) in [6.45, 7) is 7.36. The van der Waals surface area contributed by atoms with Gasteiger partial charge in [-0.3, -0.25) is 5.43 Å². The van der Waals surface area contributed by atoms with E-state index in [9.17, 15) is 0 Å². The molecular formula is C17H50ClN11O. The Balaban J connectivity index is -0.000000218. The van der Waals surface area contributed by atoms with Gasteiger partial charge in [0.25, 0.3) is 0 Å². The molecule has 30 heavy (non-hydrogen) atoms. The third kappa shape index (κ3) is 7.95. The summed E-state index contributed by atoms with van der Waals surface area (Å²) in [5.41, 5.74) is 3.38. The second-order valence-electron chi connectivity index (χ2n) is 7.07. The van der Waals surface area contributed by atoms with Crippen molar-refractivity contribution in [3.05, 3.63) is 0 Å². The lowest BCUT2D eigenvalue weighted by Crippen LogP contribution is -2.41. The van der Waals surface area contributed by atoms with E-state index in [1.807, 2.05) is 0 Å². The summed E-state index contributed by atoms with van der Waals surface area (Å²) in [5.74, 6) is 2.31. The van der Waals surface area contributed by atoms with Crippen LogP contribution < -0.4 is 39.8 Å². The van der Waals surface area contributed by atoms with E-state index < -0.39 is 0 Å². The Morgan fingerprint density at radius 2 is 1.07 bits per heavy atom. The average Bonchev–Trinajstić information content (AvgIpc) is 2.70. The molecule has 1 aromatic rings. The summed E-state index contributed by atoms with van der Waals surface area (Å²) in [4.78, 5) is 18.9. The molecule has 0 aromatic carbocycles. The summed E-state index contributed by atoms with van der Waals surface area (Å²) in [6, 6.07) is 0. The highest BCUT2D eigenvalue weighted by Gasteiger charge is 2.21. The van der Waals surface area contributed by atoms with Crippen LogP contribution in [0.25, 0.3) is 0 Å². The number of halogens is 1. The smallest absolute Gasteiger partial charge is 0.244 e. The van der Waals surface area contributed by atoms with Crippen molar-refractivity contribution in [3.8, 4) is 0 Å². The number of nitrogens with one attached hydrogen (secondary N) is 1. The molecule has 0 spiro atoms. The first-order valence-electron chi connectivity index (χ1n) is 9.74. The maximum atomic E-state index is 5.42. The fourth-order valence-corrected chi connectivity index (χ4v) is 3.69. The van der Waals surface area contributed by atoms with Crippen molar-refractivity contribution in [2.75, 3.05) is 67.7 Å². The third-order valence-electron chi connectivity index (χ3n) is 5.16. The molecule has 0 radical (unpaired) electrons. The fraction of sp³-hybridized carbons (Fsp3) is 0.824. The quantitative estimate of drug-likeness (QED) is 0.437. The van der Waals surface area contributed by atoms with E-state index in [0.29, 0.717) is 5.95 Å². The molecule has 13 N–H and O–H groups in total. The minimum Gasteiger partial charge on any atom is -0.379 e. The molecule has 0 amide bonds. The molecule has 0 bridgehead atoms. The van der Waals surface area contributed by atoms with Crippen LogP contribution in [-0.2, 0) is 4.74 Å². The van der Waals surface area contributed by atoms with E-state index >= 15 is 0 Å². The molecule has 3 aliphatic heterocycles. The number of ether oxygens (including phenoxy) is 1. The van der Waals surface area contributed by atoms with E-state index in [1.165, 1.54) is 38.5 Å². The van der Waals surface area contributed by atoms with Gasteiger partial charge >= 0.3 is 0 Å². The summed E-state index contributed by atoms with van der Waals surface area (Å²) in [7, 11) is 0. The minimum absolute atomic E-state index is 0. The van der Waals surface area contributed by atoms with Gasteiger partial charge in [0.15, 0.2) is 0 Å². The van der Waals surface area contributed by atoms with E-state index in [2.05, 4.69) is 20.2 Å². The topological polar surface area (TPSA) is 210 Å².